The van der Waals surface area contributed by atoms with Gasteiger partial charge >= 0.3 is 5.97 Å². The van der Waals surface area contributed by atoms with Crippen LogP contribution in [0.2, 0.25) is 0 Å². The van der Waals surface area contributed by atoms with E-state index in [1.54, 1.807) is 13.8 Å². The lowest BCUT2D eigenvalue weighted by atomic mass is 10.1. The molecule has 0 radical (unpaired) electrons. The van der Waals surface area contributed by atoms with Gasteiger partial charge in [-0.05, 0) is 19.4 Å². The lowest BCUT2D eigenvalue weighted by Gasteiger charge is -2.13. The lowest BCUT2D eigenvalue weighted by molar-refractivity contribution is -0.138. The Kier molecular flexibility index (Phi) is 5.04. The zero-order valence-corrected chi connectivity index (χ0v) is 10.7. The molecule has 3 nitrogen and oxygen atoms in total. The third-order valence-corrected chi connectivity index (χ3v) is 2.87. The van der Waals surface area contributed by atoms with E-state index in [1.165, 1.54) is 0 Å². The number of hydrogen-bond donors (Lipinski definition) is 1. The molecular formula is C13H16ClNO2. The summed E-state index contributed by atoms with van der Waals surface area (Å²) in [6, 6.07) is 9.37. The molecule has 0 saturated heterocycles. The highest BCUT2D eigenvalue weighted by molar-refractivity contribution is 6.22. The normalized spacial score (nSPS) is 13.8. The summed E-state index contributed by atoms with van der Waals surface area (Å²) in [6.45, 7) is 3.68. The third-order valence-electron chi connectivity index (χ3n) is 2.38. The van der Waals surface area contributed by atoms with Crippen molar-refractivity contribution in [3.63, 3.8) is 0 Å². The van der Waals surface area contributed by atoms with Crippen LogP contribution in [0.3, 0.4) is 0 Å². The lowest BCUT2D eigenvalue weighted by Crippen LogP contribution is -2.15. The first-order chi connectivity index (χ1) is 8.07. The van der Waals surface area contributed by atoms with E-state index in [2.05, 4.69) is 0 Å². The summed E-state index contributed by atoms with van der Waals surface area (Å²) in [6.07, 6.45) is 0. The van der Waals surface area contributed by atoms with Crippen molar-refractivity contribution >= 4 is 17.6 Å². The minimum atomic E-state index is -0.513. The average Bonchev–Trinajstić information content (AvgIpc) is 2.37. The van der Waals surface area contributed by atoms with Crippen LogP contribution in [0.4, 0.5) is 0 Å². The average molecular weight is 254 g/mol. The first kappa shape index (κ1) is 13.6. The Bertz CT molecular complexity index is 415. The van der Waals surface area contributed by atoms with Gasteiger partial charge in [-0.3, -0.25) is 0 Å². The zero-order chi connectivity index (χ0) is 12.8. The van der Waals surface area contributed by atoms with Crippen LogP contribution in [0.5, 0.6) is 0 Å². The van der Waals surface area contributed by atoms with Gasteiger partial charge in [-0.25, -0.2) is 4.79 Å². The number of nitrogens with two attached hydrogens (primary N) is 1. The SMILES string of the molecule is CCOC(=O)C(C)=C(N)C(Cl)c1ccccc1. The van der Waals surface area contributed by atoms with Crippen molar-refractivity contribution in [3.8, 4) is 0 Å². The first-order valence-electron chi connectivity index (χ1n) is 5.40. The number of esters is 1. The second kappa shape index (κ2) is 6.30. The summed E-state index contributed by atoms with van der Waals surface area (Å²) in [5.74, 6) is -0.424. The predicted octanol–water partition coefficient (Wildman–Crippen LogP) is 2.76. The van der Waals surface area contributed by atoms with E-state index < -0.39 is 11.3 Å². The van der Waals surface area contributed by atoms with Crippen LogP contribution in [0, 0.1) is 0 Å². The molecule has 1 unspecified atom stereocenters. The van der Waals surface area contributed by atoms with Crippen LogP contribution in [-0.4, -0.2) is 12.6 Å². The summed E-state index contributed by atoms with van der Waals surface area (Å²) < 4.78 is 4.88. The molecule has 1 rings (SSSR count). The van der Waals surface area contributed by atoms with Gasteiger partial charge in [-0.15, -0.1) is 11.6 Å². The van der Waals surface area contributed by atoms with Gasteiger partial charge in [0.2, 0.25) is 0 Å². The summed E-state index contributed by atoms with van der Waals surface area (Å²) >= 11 is 6.21. The quantitative estimate of drug-likeness (QED) is 0.510. The highest BCUT2D eigenvalue weighted by atomic mass is 35.5. The second-order valence-corrected chi connectivity index (χ2v) is 4.01. The van der Waals surface area contributed by atoms with Crippen molar-refractivity contribution in [1.29, 1.82) is 0 Å². The Labute approximate surface area is 106 Å². The van der Waals surface area contributed by atoms with E-state index in [4.69, 9.17) is 22.1 Å². The molecule has 0 bridgehead atoms. The van der Waals surface area contributed by atoms with Gasteiger partial charge in [0.15, 0.2) is 0 Å². The Balaban J connectivity index is 2.92. The molecular weight excluding hydrogens is 238 g/mol. The van der Waals surface area contributed by atoms with Crippen LogP contribution in [0.1, 0.15) is 24.8 Å². The van der Waals surface area contributed by atoms with E-state index in [1.807, 2.05) is 30.3 Å². The van der Waals surface area contributed by atoms with Crippen molar-refractivity contribution in [2.24, 2.45) is 5.73 Å². The van der Waals surface area contributed by atoms with Crippen molar-refractivity contribution in [3.05, 3.63) is 47.2 Å². The summed E-state index contributed by atoms with van der Waals surface area (Å²) in [4.78, 5) is 11.5. The maximum Gasteiger partial charge on any atom is 0.335 e. The van der Waals surface area contributed by atoms with E-state index in [9.17, 15) is 4.79 Å². The van der Waals surface area contributed by atoms with Gasteiger partial charge in [0.1, 0.15) is 0 Å². The molecule has 1 aromatic carbocycles. The summed E-state index contributed by atoms with van der Waals surface area (Å²) in [5.41, 5.74) is 7.41. The zero-order valence-electron chi connectivity index (χ0n) is 9.94. The Hall–Kier alpha value is -1.48. The van der Waals surface area contributed by atoms with Crippen LogP contribution in [-0.2, 0) is 9.53 Å². The van der Waals surface area contributed by atoms with E-state index in [0.29, 0.717) is 17.9 Å². The van der Waals surface area contributed by atoms with Crippen molar-refractivity contribution < 1.29 is 9.53 Å². The molecule has 1 atom stereocenters. The summed E-state index contributed by atoms with van der Waals surface area (Å²) in [7, 11) is 0. The van der Waals surface area contributed by atoms with Crippen molar-refractivity contribution in [2.45, 2.75) is 19.2 Å². The molecule has 0 amide bonds. The second-order valence-electron chi connectivity index (χ2n) is 3.57. The largest absolute Gasteiger partial charge is 0.463 e. The number of allylic oxidation sites excluding steroid dienone is 1. The minimum Gasteiger partial charge on any atom is -0.463 e. The molecule has 0 aliphatic heterocycles. The fraction of sp³-hybridized carbons (Fsp3) is 0.308. The van der Waals surface area contributed by atoms with Gasteiger partial charge in [-0.1, -0.05) is 30.3 Å². The summed E-state index contributed by atoms with van der Waals surface area (Å²) in [5, 5.41) is -0.513. The van der Waals surface area contributed by atoms with Gasteiger partial charge in [-0.2, -0.15) is 0 Å². The molecule has 0 saturated carbocycles. The topological polar surface area (TPSA) is 52.3 Å². The molecule has 0 aliphatic carbocycles. The number of carbonyl (C=O) groups excluding carboxylic acids is 1. The van der Waals surface area contributed by atoms with Gasteiger partial charge in [0.25, 0.3) is 0 Å². The van der Waals surface area contributed by atoms with Crippen LogP contribution >= 0.6 is 11.6 Å². The molecule has 2 N–H and O–H groups in total. The van der Waals surface area contributed by atoms with Gasteiger partial charge in [0, 0.05) is 5.70 Å². The van der Waals surface area contributed by atoms with Gasteiger partial charge < -0.3 is 10.5 Å². The number of rotatable bonds is 4. The third kappa shape index (κ3) is 3.49. The Morgan fingerprint density at radius 1 is 1.41 bits per heavy atom. The van der Waals surface area contributed by atoms with Crippen molar-refractivity contribution in [1.82, 2.24) is 0 Å². The minimum absolute atomic E-state index is 0.321. The fourth-order valence-electron chi connectivity index (χ4n) is 1.35. The number of benzene rings is 1. The maximum absolute atomic E-state index is 11.5. The molecule has 92 valence electrons. The molecule has 0 aromatic heterocycles. The molecule has 1 aromatic rings. The maximum atomic E-state index is 11.5. The van der Waals surface area contributed by atoms with Crippen molar-refractivity contribution in [2.75, 3.05) is 6.61 Å². The monoisotopic (exact) mass is 253 g/mol. The smallest absolute Gasteiger partial charge is 0.335 e. The fourth-order valence-corrected chi connectivity index (χ4v) is 1.66. The van der Waals surface area contributed by atoms with E-state index >= 15 is 0 Å². The number of hydrogen-bond acceptors (Lipinski definition) is 3. The molecule has 4 heteroatoms. The standard InChI is InChI=1S/C13H16ClNO2/c1-3-17-13(16)9(2)12(15)11(14)10-7-5-4-6-8-10/h4-8,11H,3,15H2,1-2H3. The van der Waals surface area contributed by atoms with Crippen LogP contribution < -0.4 is 5.73 Å². The number of carbonyl (C=O) groups is 1. The van der Waals surface area contributed by atoms with Crippen LogP contribution in [0.25, 0.3) is 0 Å². The highest BCUT2D eigenvalue weighted by Crippen LogP contribution is 2.27. The van der Waals surface area contributed by atoms with Crippen LogP contribution in [0.15, 0.2) is 41.6 Å². The highest BCUT2D eigenvalue weighted by Gasteiger charge is 2.17. The Morgan fingerprint density at radius 2 is 2.00 bits per heavy atom. The first-order valence-corrected chi connectivity index (χ1v) is 5.84. The number of ether oxygens (including phenoxy) is 1. The van der Waals surface area contributed by atoms with Gasteiger partial charge in [0.05, 0.1) is 17.6 Å². The molecule has 0 fully saturated rings. The Morgan fingerprint density at radius 3 is 2.53 bits per heavy atom. The molecule has 0 heterocycles. The molecule has 0 spiro atoms. The number of alkyl halides is 1. The molecule has 17 heavy (non-hydrogen) atoms. The predicted molar refractivity (Wildman–Crippen MR) is 68.6 cm³/mol. The molecule has 0 aliphatic rings. The van der Waals surface area contributed by atoms with E-state index in [-0.39, 0.29) is 0 Å². The van der Waals surface area contributed by atoms with E-state index in [0.717, 1.165) is 5.56 Å². The number of halogens is 1.